The molecule has 0 bridgehead atoms. The van der Waals surface area contributed by atoms with E-state index in [1.807, 2.05) is 13.8 Å². The van der Waals surface area contributed by atoms with E-state index in [4.69, 9.17) is 4.74 Å². The predicted octanol–water partition coefficient (Wildman–Crippen LogP) is 2.68. The largest absolute Gasteiger partial charge is 0.465 e. The summed E-state index contributed by atoms with van der Waals surface area (Å²) in [6.45, 7) is 4.47. The van der Waals surface area contributed by atoms with Crippen LogP contribution in [0.3, 0.4) is 0 Å². The van der Waals surface area contributed by atoms with Crippen LogP contribution in [-0.4, -0.2) is 12.6 Å². The van der Waals surface area contributed by atoms with Crippen molar-refractivity contribution in [2.24, 2.45) is 0 Å². The fraction of sp³-hybridized carbons (Fsp3) is 0.700. The van der Waals surface area contributed by atoms with E-state index in [1.54, 1.807) is 0 Å². The zero-order chi connectivity index (χ0) is 9.23. The van der Waals surface area contributed by atoms with Gasteiger partial charge in [-0.2, -0.15) is 0 Å². The highest BCUT2D eigenvalue weighted by atomic mass is 16.5. The number of hydrogen-bond donors (Lipinski definition) is 0. The number of carbonyl (C=O) groups is 1. The molecule has 0 aromatic rings. The average Bonchev–Trinajstić information content (AvgIpc) is 2.05. The van der Waals surface area contributed by atoms with Crippen molar-refractivity contribution in [3.8, 4) is 0 Å². The molecule has 2 heteroatoms. The average molecular weight is 170 g/mol. The van der Waals surface area contributed by atoms with E-state index in [0.29, 0.717) is 6.47 Å². The molecule has 1 atom stereocenters. The van der Waals surface area contributed by atoms with E-state index in [0.717, 1.165) is 19.3 Å². The van der Waals surface area contributed by atoms with Gasteiger partial charge in [-0.25, -0.2) is 0 Å². The standard InChI is InChI=1S/C10H18O2/c1-3-4-5-6-7-8-10(2)12-9-11/h3-4,9-10H,5-8H2,1-2H3/b4-3+. The van der Waals surface area contributed by atoms with Crippen molar-refractivity contribution < 1.29 is 9.53 Å². The van der Waals surface area contributed by atoms with Gasteiger partial charge in [0.1, 0.15) is 0 Å². The maximum atomic E-state index is 9.92. The Morgan fingerprint density at radius 1 is 1.42 bits per heavy atom. The summed E-state index contributed by atoms with van der Waals surface area (Å²) in [6, 6.07) is 0. The second kappa shape index (κ2) is 8.31. The Morgan fingerprint density at radius 2 is 2.17 bits per heavy atom. The summed E-state index contributed by atoms with van der Waals surface area (Å²) < 4.78 is 4.75. The minimum atomic E-state index is 0.0770. The molecule has 2 nitrogen and oxygen atoms in total. The molecule has 0 aliphatic carbocycles. The molecule has 70 valence electrons. The maximum absolute atomic E-state index is 9.92. The molecule has 1 unspecified atom stereocenters. The number of rotatable bonds is 7. The molecule has 0 radical (unpaired) electrons. The van der Waals surface area contributed by atoms with Gasteiger partial charge in [-0.3, -0.25) is 4.79 Å². The Hall–Kier alpha value is -0.790. The first-order valence-corrected chi connectivity index (χ1v) is 4.51. The maximum Gasteiger partial charge on any atom is 0.293 e. The minimum Gasteiger partial charge on any atom is -0.465 e. The second-order valence-corrected chi connectivity index (χ2v) is 2.90. The molecule has 0 aromatic carbocycles. The fourth-order valence-corrected chi connectivity index (χ4v) is 1.02. The van der Waals surface area contributed by atoms with Crippen LogP contribution < -0.4 is 0 Å². The van der Waals surface area contributed by atoms with E-state index >= 15 is 0 Å². The summed E-state index contributed by atoms with van der Waals surface area (Å²) in [4.78, 5) is 9.92. The highest BCUT2D eigenvalue weighted by Crippen LogP contribution is 2.05. The van der Waals surface area contributed by atoms with Crippen molar-refractivity contribution in [1.29, 1.82) is 0 Å². The van der Waals surface area contributed by atoms with E-state index in [9.17, 15) is 4.79 Å². The van der Waals surface area contributed by atoms with Crippen molar-refractivity contribution in [3.05, 3.63) is 12.2 Å². The first-order chi connectivity index (χ1) is 5.81. The fourth-order valence-electron chi connectivity index (χ4n) is 1.02. The molecule has 0 saturated heterocycles. The van der Waals surface area contributed by atoms with E-state index in [2.05, 4.69) is 12.2 Å². The zero-order valence-corrected chi connectivity index (χ0v) is 7.95. The lowest BCUT2D eigenvalue weighted by Gasteiger charge is -2.07. The van der Waals surface area contributed by atoms with Crippen molar-refractivity contribution in [3.63, 3.8) is 0 Å². The van der Waals surface area contributed by atoms with E-state index in [1.165, 1.54) is 6.42 Å². The Labute approximate surface area is 74.6 Å². The number of ether oxygens (including phenoxy) is 1. The summed E-state index contributed by atoms with van der Waals surface area (Å²) in [5.74, 6) is 0. The van der Waals surface area contributed by atoms with Gasteiger partial charge in [0.05, 0.1) is 6.10 Å². The number of unbranched alkanes of at least 4 members (excludes halogenated alkanes) is 2. The first-order valence-electron chi connectivity index (χ1n) is 4.51. The molecule has 0 aliphatic rings. The second-order valence-electron chi connectivity index (χ2n) is 2.90. The summed E-state index contributed by atoms with van der Waals surface area (Å²) in [5, 5.41) is 0. The van der Waals surface area contributed by atoms with Crippen LogP contribution in [0, 0.1) is 0 Å². The van der Waals surface area contributed by atoms with Crippen LogP contribution in [0.15, 0.2) is 12.2 Å². The van der Waals surface area contributed by atoms with E-state index < -0.39 is 0 Å². The molecule has 0 saturated carbocycles. The lowest BCUT2D eigenvalue weighted by molar-refractivity contribution is -0.133. The van der Waals surface area contributed by atoms with Gasteiger partial charge in [-0.05, 0) is 39.5 Å². The molecular weight excluding hydrogens is 152 g/mol. The van der Waals surface area contributed by atoms with Crippen LogP contribution in [0.5, 0.6) is 0 Å². The Bertz CT molecular complexity index is 130. The van der Waals surface area contributed by atoms with Crippen LogP contribution >= 0.6 is 0 Å². The van der Waals surface area contributed by atoms with Gasteiger partial charge in [0, 0.05) is 0 Å². The molecule has 0 fully saturated rings. The van der Waals surface area contributed by atoms with Crippen LogP contribution in [0.2, 0.25) is 0 Å². The van der Waals surface area contributed by atoms with Gasteiger partial charge in [0.15, 0.2) is 0 Å². The van der Waals surface area contributed by atoms with Crippen LogP contribution in [0.25, 0.3) is 0 Å². The first kappa shape index (κ1) is 11.2. The Balaban J connectivity index is 3.13. The predicted molar refractivity (Wildman–Crippen MR) is 49.9 cm³/mol. The van der Waals surface area contributed by atoms with Gasteiger partial charge >= 0.3 is 0 Å². The Morgan fingerprint density at radius 3 is 2.75 bits per heavy atom. The summed E-state index contributed by atoms with van der Waals surface area (Å²) in [5.41, 5.74) is 0. The van der Waals surface area contributed by atoms with Gasteiger partial charge in [-0.1, -0.05) is 12.2 Å². The molecule has 0 aromatic heterocycles. The van der Waals surface area contributed by atoms with Crippen LogP contribution in [0.1, 0.15) is 39.5 Å². The third-order valence-corrected chi connectivity index (χ3v) is 1.76. The smallest absolute Gasteiger partial charge is 0.293 e. The Kier molecular flexibility index (Phi) is 7.76. The van der Waals surface area contributed by atoms with Gasteiger partial charge in [0.2, 0.25) is 0 Å². The van der Waals surface area contributed by atoms with Crippen molar-refractivity contribution >= 4 is 6.47 Å². The van der Waals surface area contributed by atoms with Crippen molar-refractivity contribution in [1.82, 2.24) is 0 Å². The lowest BCUT2D eigenvalue weighted by atomic mass is 10.1. The summed E-state index contributed by atoms with van der Waals surface area (Å²) in [6.07, 6.45) is 8.70. The highest BCUT2D eigenvalue weighted by molar-refractivity contribution is 5.37. The molecule has 0 aliphatic heterocycles. The normalized spacial score (nSPS) is 13.2. The SMILES string of the molecule is C/C=C/CCCCC(C)OC=O. The third kappa shape index (κ3) is 7.32. The monoisotopic (exact) mass is 170 g/mol. The van der Waals surface area contributed by atoms with Gasteiger partial charge in [0.25, 0.3) is 6.47 Å². The number of allylic oxidation sites excluding steroid dienone is 2. The van der Waals surface area contributed by atoms with Crippen molar-refractivity contribution in [2.75, 3.05) is 0 Å². The number of hydrogen-bond acceptors (Lipinski definition) is 2. The van der Waals surface area contributed by atoms with Crippen molar-refractivity contribution in [2.45, 2.75) is 45.6 Å². The van der Waals surface area contributed by atoms with Gasteiger partial charge < -0.3 is 4.74 Å². The molecule has 0 spiro atoms. The molecule has 12 heavy (non-hydrogen) atoms. The topological polar surface area (TPSA) is 26.3 Å². The zero-order valence-electron chi connectivity index (χ0n) is 7.95. The van der Waals surface area contributed by atoms with Crippen LogP contribution in [-0.2, 0) is 9.53 Å². The van der Waals surface area contributed by atoms with Crippen LogP contribution in [0.4, 0.5) is 0 Å². The quantitative estimate of drug-likeness (QED) is 0.333. The van der Waals surface area contributed by atoms with E-state index in [-0.39, 0.29) is 6.10 Å². The minimum absolute atomic E-state index is 0.0770. The molecule has 0 rings (SSSR count). The highest BCUT2D eigenvalue weighted by Gasteiger charge is 1.99. The van der Waals surface area contributed by atoms with Gasteiger partial charge in [-0.15, -0.1) is 0 Å². The lowest BCUT2D eigenvalue weighted by Crippen LogP contribution is -2.05. The molecule has 0 N–H and O–H groups in total. The molecular formula is C10H18O2. The summed E-state index contributed by atoms with van der Waals surface area (Å²) >= 11 is 0. The molecule has 0 amide bonds. The third-order valence-electron chi connectivity index (χ3n) is 1.76. The molecule has 0 heterocycles. The number of carbonyl (C=O) groups excluding carboxylic acids is 1. The summed E-state index contributed by atoms with van der Waals surface area (Å²) in [7, 11) is 0.